The van der Waals surface area contributed by atoms with Crippen molar-refractivity contribution in [1.82, 2.24) is 6.15 Å². The van der Waals surface area contributed by atoms with E-state index in [1.54, 1.807) is 0 Å². The van der Waals surface area contributed by atoms with E-state index < -0.39 is 28.4 Å². The van der Waals surface area contributed by atoms with Crippen LogP contribution in [-0.4, -0.2) is 31.9 Å². The molecule has 0 aromatic rings. The molecule has 0 spiro atoms. The normalized spacial score (nSPS) is 11.0. The quantitative estimate of drug-likeness (QED) is 0.397. The van der Waals surface area contributed by atoms with Gasteiger partial charge in [-0.3, -0.25) is 4.79 Å². The standard InChI is InChI=1S/C14H28O5S.H3N/c1-2-3-4-5-6-7-8-9-10-11-14(16)19-20(17,18)13-12-15;/h15H,2-13H2,1H3;1H3. The first-order valence-electron chi connectivity index (χ1n) is 7.57. The topological polar surface area (TPSA) is 116 Å². The van der Waals surface area contributed by atoms with Gasteiger partial charge in [0.15, 0.2) is 0 Å². The Kier molecular flexibility index (Phi) is 15.4. The van der Waals surface area contributed by atoms with Crippen LogP contribution in [0.15, 0.2) is 0 Å². The first-order valence-corrected chi connectivity index (χ1v) is 9.15. The number of carbonyl (C=O) groups is 1. The molecule has 0 bridgehead atoms. The molecule has 0 heterocycles. The Labute approximate surface area is 129 Å². The number of unbranched alkanes of at least 4 members (excludes halogenated alkanes) is 8. The second kappa shape index (κ2) is 14.3. The Morgan fingerprint density at radius 2 is 1.43 bits per heavy atom. The average molecular weight is 325 g/mol. The molecule has 0 aliphatic heterocycles. The maximum absolute atomic E-state index is 11.3. The van der Waals surface area contributed by atoms with Gasteiger partial charge in [0.25, 0.3) is 0 Å². The molecule has 0 aromatic carbocycles. The highest BCUT2D eigenvalue weighted by Gasteiger charge is 2.15. The Morgan fingerprint density at radius 3 is 1.90 bits per heavy atom. The van der Waals surface area contributed by atoms with Crippen LogP contribution in [0.25, 0.3) is 0 Å². The molecule has 0 saturated heterocycles. The number of hydrogen-bond donors (Lipinski definition) is 2. The number of aliphatic hydroxyl groups excluding tert-OH is 1. The lowest BCUT2D eigenvalue weighted by Crippen LogP contribution is -2.17. The van der Waals surface area contributed by atoms with E-state index in [1.807, 2.05) is 0 Å². The zero-order chi connectivity index (χ0) is 15.3. The van der Waals surface area contributed by atoms with E-state index in [9.17, 15) is 13.2 Å². The van der Waals surface area contributed by atoms with Crippen LogP contribution in [0.1, 0.15) is 71.1 Å². The first-order chi connectivity index (χ1) is 9.52. The van der Waals surface area contributed by atoms with E-state index in [-0.39, 0.29) is 12.6 Å². The summed E-state index contributed by atoms with van der Waals surface area (Å²) in [6, 6.07) is 0. The van der Waals surface area contributed by atoms with Gasteiger partial charge in [-0.1, -0.05) is 58.3 Å². The van der Waals surface area contributed by atoms with Crippen molar-refractivity contribution >= 4 is 16.1 Å². The fraction of sp³-hybridized carbons (Fsp3) is 0.929. The molecular weight excluding hydrogens is 294 g/mol. The molecule has 6 nitrogen and oxygen atoms in total. The van der Waals surface area contributed by atoms with Gasteiger partial charge in [0.05, 0.1) is 6.61 Å². The van der Waals surface area contributed by atoms with E-state index in [4.69, 9.17) is 5.11 Å². The van der Waals surface area contributed by atoms with Gasteiger partial charge in [-0.05, 0) is 6.42 Å². The summed E-state index contributed by atoms with van der Waals surface area (Å²) in [7, 11) is -3.89. The van der Waals surface area contributed by atoms with Gasteiger partial charge < -0.3 is 15.4 Å². The van der Waals surface area contributed by atoms with E-state index in [0.717, 1.165) is 12.8 Å². The van der Waals surface area contributed by atoms with Gasteiger partial charge in [-0.25, -0.2) is 0 Å². The molecule has 0 fully saturated rings. The van der Waals surface area contributed by atoms with Crippen molar-refractivity contribution in [3.8, 4) is 0 Å². The Morgan fingerprint density at radius 1 is 0.952 bits per heavy atom. The molecule has 7 heteroatoms. The highest BCUT2D eigenvalue weighted by Crippen LogP contribution is 2.11. The summed E-state index contributed by atoms with van der Waals surface area (Å²) in [4.78, 5) is 11.3. The number of carbonyl (C=O) groups excluding carboxylic acids is 1. The van der Waals surface area contributed by atoms with E-state index in [0.29, 0.717) is 6.42 Å². The molecule has 0 amide bonds. The molecular formula is C14H31NO5S. The highest BCUT2D eigenvalue weighted by atomic mass is 32.2. The molecule has 0 aliphatic rings. The fourth-order valence-corrected chi connectivity index (χ4v) is 2.59. The molecule has 0 atom stereocenters. The third-order valence-electron chi connectivity index (χ3n) is 3.05. The van der Waals surface area contributed by atoms with Crippen LogP contribution < -0.4 is 6.15 Å². The molecule has 0 aliphatic carbocycles. The third-order valence-corrected chi connectivity index (χ3v) is 4.17. The average Bonchev–Trinajstić information content (AvgIpc) is 2.36. The minimum absolute atomic E-state index is 0. The van der Waals surface area contributed by atoms with Crippen LogP contribution in [0, 0.1) is 0 Å². The Hall–Kier alpha value is -0.660. The van der Waals surface area contributed by atoms with Crippen LogP contribution in [0.4, 0.5) is 0 Å². The summed E-state index contributed by atoms with van der Waals surface area (Å²) in [5.41, 5.74) is 0. The van der Waals surface area contributed by atoms with Crippen molar-refractivity contribution in [3.63, 3.8) is 0 Å². The van der Waals surface area contributed by atoms with Gasteiger partial charge in [-0.2, -0.15) is 8.42 Å². The molecule has 0 rings (SSSR count). The highest BCUT2D eigenvalue weighted by molar-refractivity contribution is 7.87. The van der Waals surface area contributed by atoms with E-state index >= 15 is 0 Å². The van der Waals surface area contributed by atoms with Gasteiger partial charge in [0.2, 0.25) is 0 Å². The summed E-state index contributed by atoms with van der Waals surface area (Å²) in [5.74, 6) is -1.25. The lowest BCUT2D eigenvalue weighted by Gasteiger charge is -2.04. The van der Waals surface area contributed by atoms with Crippen LogP contribution in [-0.2, 0) is 19.1 Å². The zero-order valence-electron chi connectivity index (χ0n) is 13.2. The molecule has 128 valence electrons. The summed E-state index contributed by atoms with van der Waals surface area (Å²) < 4.78 is 26.5. The largest absolute Gasteiger partial charge is 0.395 e. The molecule has 0 radical (unpaired) electrons. The van der Waals surface area contributed by atoms with Crippen molar-refractivity contribution < 1.29 is 22.5 Å². The summed E-state index contributed by atoms with van der Waals surface area (Å²) in [6.07, 6.45) is 10.3. The predicted molar refractivity (Wildman–Crippen MR) is 83.8 cm³/mol. The van der Waals surface area contributed by atoms with Gasteiger partial charge >= 0.3 is 16.1 Å². The lowest BCUT2D eigenvalue weighted by molar-refractivity contribution is -0.133. The van der Waals surface area contributed by atoms with E-state index in [1.165, 1.54) is 38.5 Å². The van der Waals surface area contributed by atoms with Crippen LogP contribution in [0.5, 0.6) is 0 Å². The smallest absolute Gasteiger partial charge is 0.322 e. The minimum atomic E-state index is -3.89. The predicted octanol–water partition coefficient (Wildman–Crippen LogP) is 2.93. The summed E-state index contributed by atoms with van der Waals surface area (Å²) in [5, 5.41) is 8.49. The monoisotopic (exact) mass is 325 g/mol. The van der Waals surface area contributed by atoms with Crippen LogP contribution in [0.3, 0.4) is 0 Å². The number of aliphatic hydroxyl groups is 1. The molecule has 0 aromatic heterocycles. The van der Waals surface area contributed by atoms with Crippen molar-refractivity contribution in [2.45, 2.75) is 71.1 Å². The maximum Gasteiger partial charge on any atom is 0.322 e. The van der Waals surface area contributed by atoms with E-state index in [2.05, 4.69) is 11.1 Å². The lowest BCUT2D eigenvalue weighted by atomic mass is 10.1. The fourth-order valence-electron chi connectivity index (χ4n) is 1.92. The van der Waals surface area contributed by atoms with Gasteiger partial charge in [-0.15, -0.1) is 0 Å². The van der Waals surface area contributed by atoms with Crippen molar-refractivity contribution in [2.24, 2.45) is 0 Å². The second-order valence-electron chi connectivity index (χ2n) is 5.02. The second-order valence-corrected chi connectivity index (χ2v) is 6.71. The molecule has 0 saturated carbocycles. The summed E-state index contributed by atoms with van der Waals surface area (Å²) in [6.45, 7) is 1.66. The van der Waals surface area contributed by atoms with Crippen molar-refractivity contribution in [3.05, 3.63) is 0 Å². The van der Waals surface area contributed by atoms with Crippen LogP contribution in [0.2, 0.25) is 0 Å². The maximum atomic E-state index is 11.3. The SMILES string of the molecule is CCCCCCCCCCCC(=O)OS(=O)(=O)CCO.N. The minimum Gasteiger partial charge on any atom is -0.395 e. The van der Waals surface area contributed by atoms with Crippen LogP contribution >= 0.6 is 0 Å². The summed E-state index contributed by atoms with van der Waals surface area (Å²) >= 11 is 0. The van der Waals surface area contributed by atoms with Crippen molar-refractivity contribution in [1.29, 1.82) is 0 Å². The third kappa shape index (κ3) is 15.5. The Bertz CT molecular complexity index is 343. The number of hydrogen-bond acceptors (Lipinski definition) is 6. The van der Waals surface area contributed by atoms with Crippen molar-refractivity contribution in [2.75, 3.05) is 12.4 Å². The molecule has 21 heavy (non-hydrogen) atoms. The van der Waals surface area contributed by atoms with Gasteiger partial charge in [0.1, 0.15) is 5.75 Å². The molecule has 0 unspecified atom stereocenters. The number of rotatable bonds is 13. The van der Waals surface area contributed by atoms with Gasteiger partial charge in [0, 0.05) is 6.42 Å². The Balaban J connectivity index is 0. The first kappa shape index (κ1) is 22.6. The molecule has 4 N–H and O–H groups in total. The zero-order valence-corrected chi connectivity index (χ0v) is 14.0.